The molecule has 0 bridgehead atoms. The molecule has 0 saturated carbocycles. The standard InChI is InChI=1S/C17H26N2O/c1-4-18-14(2)16-5-7-17(8-6-16)19-11-9-15(10-12-19)13-20-3/h5-9,14,18H,4,10-13H2,1-3H3. The maximum absolute atomic E-state index is 5.19. The van der Waals surface area contributed by atoms with Gasteiger partial charge in [-0.25, -0.2) is 0 Å². The van der Waals surface area contributed by atoms with E-state index in [2.05, 4.69) is 54.4 Å². The molecule has 1 aromatic rings. The summed E-state index contributed by atoms with van der Waals surface area (Å²) >= 11 is 0. The monoisotopic (exact) mass is 274 g/mol. The van der Waals surface area contributed by atoms with Gasteiger partial charge in [0.1, 0.15) is 0 Å². The zero-order chi connectivity index (χ0) is 14.4. The second-order valence-corrected chi connectivity index (χ2v) is 5.36. The van der Waals surface area contributed by atoms with Crippen LogP contribution in [0.25, 0.3) is 0 Å². The first kappa shape index (κ1) is 15.1. The number of nitrogens with zero attached hydrogens (tertiary/aromatic N) is 1. The lowest BCUT2D eigenvalue weighted by Crippen LogP contribution is -2.29. The third kappa shape index (κ3) is 3.84. The number of anilines is 1. The Kier molecular flexibility index (Phi) is 5.62. The Labute approximate surface area is 122 Å². The highest BCUT2D eigenvalue weighted by Gasteiger charge is 2.12. The number of hydrogen-bond donors (Lipinski definition) is 1. The van der Waals surface area contributed by atoms with Crippen molar-refractivity contribution in [2.75, 3.05) is 38.3 Å². The third-order valence-electron chi connectivity index (χ3n) is 3.90. The average Bonchev–Trinajstić information content (AvgIpc) is 2.49. The molecule has 3 heteroatoms. The van der Waals surface area contributed by atoms with Crippen LogP contribution in [0.5, 0.6) is 0 Å². The number of methoxy groups -OCH3 is 1. The smallest absolute Gasteiger partial charge is 0.0674 e. The van der Waals surface area contributed by atoms with Gasteiger partial charge in [-0.15, -0.1) is 0 Å². The van der Waals surface area contributed by atoms with Crippen molar-refractivity contribution in [3.05, 3.63) is 41.5 Å². The first-order valence-electron chi connectivity index (χ1n) is 7.49. The summed E-state index contributed by atoms with van der Waals surface area (Å²) in [6.45, 7) is 8.19. The van der Waals surface area contributed by atoms with E-state index in [-0.39, 0.29) is 0 Å². The zero-order valence-corrected chi connectivity index (χ0v) is 12.9. The molecule has 0 aliphatic carbocycles. The van der Waals surface area contributed by atoms with Crippen molar-refractivity contribution in [3.63, 3.8) is 0 Å². The summed E-state index contributed by atoms with van der Waals surface area (Å²) in [6, 6.07) is 9.36. The van der Waals surface area contributed by atoms with Gasteiger partial charge >= 0.3 is 0 Å². The molecule has 1 heterocycles. The quantitative estimate of drug-likeness (QED) is 0.807. The first-order chi connectivity index (χ1) is 9.74. The molecule has 0 saturated heterocycles. The van der Waals surface area contributed by atoms with E-state index in [1.165, 1.54) is 16.8 Å². The normalized spacial score (nSPS) is 16.9. The molecule has 1 aliphatic rings. The Hall–Kier alpha value is -1.32. The molecule has 1 aromatic carbocycles. The molecule has 2 rings (SSSR count). The highest BCUT2D eigenvalue weighted by atomic mass is 16.5. The molecule has 0 spiro atoms. The Morgan fingerprint density at radius 3 is 2.60 bits per heavy atom. The number of benzene rings is 1. The summed E-state index contributed by atoms with van der Waals surface area (Å²) in [5.74, 6) is 0. The maximum atomic E-state index is 5.19. The van der Waals surface area contributed by atoms with Gasteiger partial charge in [-0.1, -0.05) is 25.1 Å². The van der Waals surface area contributed by atoms with E-state index in [0.717, 1.165) is 32.7 Å². The Balaban J connectivity index is 1.97. The number of hydrogen-bond acceptors (Lipinski definition) is 3. The molecular formula is C17H26N2O. The molecule has 1 unspecified atom stereocenters. The van der Waals surface area contributed by atoms with E-state index in [1.54, 1.807) is 7.11 Å². The number of rotatable bonds is 6. The zero-order valence-electron chi connectivity index (χ0n) is 12.9. The number of nitrogens with one attached hydrogen (secondary N) is 1. The summed E-state index contributed by atoms with van der Waals surface area (Å²) < 4.78 is 5.19. The highest BCUT2D eigenvalue weighted by molar-refractivity contribution is 5.49. The van der Waals surface area contributed by atoms with Crippen LogP contribution >= 0.6 is 0 Å². The fraction of sp³-hybridized carbons (Fsp3) is 0.529. The van der Waals surface area contributed by atoms with Gasteiger partial charge in [-0.3, -0.25) is 0 Å². The van der Waals surface area contributed by atoms with E-state index < -0.39 is 0 Å². The van der Waals surface area contributed by atoms with E-state index in [0.29, 0.717) is 6.04 Å². The molecule has 0 radical (unpaired) electrons. The summed E-state index contributed by atoms with van der Waals surface area (Å²) in [4.78, 5) is 2.42. The van der Waals surface area contributed by atoms with E-state index in [1.807, 2.05) is 0 Å². The van der Waals surface area contributed by atoms with Gasteiger partial charge in [0.15, 0.2) is 0 Å². The minimum atomic E-state index is 0.420. The summed E-state index contributed by atoms with van der Waals surface area (Å²) in [7, 11) is 1.76. The number of ether oxygens (including phenoxy) is 1. The van der Waals surface area contributed by atoms with E-state index >= 15 is 0 Å². The third-order valence-corrected chi connectivity index (χ3v) is 3.90. The van der Waals surface area contributed by atoms with Crippen LogP contribution in [-0.2, 0) is 4.74 Å². The van der Waals surface area contributed by atoms with E-state index in [4.69, 9.17) is 4.74 Å². The van der Waals surface area contributed by atoms with Gasteiger partial charge in [0.25, 0.3) is 0 Å². The molecule has 1 aliphatic heterocycles. The minimum Gasteiger partial charge on any atom is -0.380 e. The molecule has 3 nitrogen and oxygen atoms in total. The molecule has 0 aromatic heterocycles. The van der Waals surface area contributed by atoms with Crippen molar-refractivity contribution in [2.24, 2.45) is 0 Å². The van der Waals surface area contributed by atoms with Crippen LogP contribution in [0, 0.1) is 0 Å². The lowest BCUT2D eigenvalue weighted by Gasteiger charge is -2.28. The predicted molar refractivity (Wildman–Crippen MR) is 85.3 cm³/mol. The fourth-order valence-corrected chi connectivity index (χ4v) is 2.66. The topological polar surface area (TPSA) is 24.5 Å². The fourth-order valence-electron chi connectivity index (χ4n) is 2.66. The van der Waals surface area contributed by atoms with Crippen LogP contribution in [-0.4, -0.2) is 33.4 Å². The van der Waals surface area contributed by atoms with Gasteiger partial charge in [0.2, 0.25) is 0 Å². The maximum Gasteiger partial charge on any atom is 0.0674 e. The van der Waals surface area contributed by atoms with Crippen molar-refractivity contribution >= 4 is 5.69 Å². The van der Waals surface area contributed by atoms with Crippen LogP contribution in [0.15, 0.2) is 35.9 Å². The molecule has 1 atom stereocenters. The van der Waals surface area contributed by atoms with Crippen LogP contribution in [0.4, 0.5) is 5.69 Å². The first-order valence-corrected chi connectivity index (χ1v) is 7.49. The molecule has 110 valence electrons. The lowest BCUT2D eigenvalue weighted by atomic mass is 10.1. The van der Waals surface area contributed by atoms with Crippen molar-refractivity contribution < 1.29 is 4.74 Å². The Morgan fingerprint density at radius 1 is 1.30 bits per heavy atom. The summed E-state index contributed by atoms with van der Waals surface area (Å²) in [5.41, 5.74) is 4.08. The molecule has 0 amide bonds. The second-order valence-electron chi connectivity index (χ2n) is 5.36. The van der Waals surface area contributed by atoms with Gasteiger partial charge in [0.05, 0.1) is 6.61 Å². The van der Waals surface area contributed by atoms with Crippen molar-refractivity contribution in [1.29, 1.82) is 0 Å². The molecule has 1 N–H and O–H groups in total. The van der Waals surface area contributed by atoms with Crippen molar-refractivity contribution in [1.82, 2.24) is 5.32 Å². The van der Waals surface area contributed by atoms with Crippen molar-refractivity contribution in [2.45, 2.75) is 26.3 Å². The van der Waals surface area contributed by atoms with E-state index in [9.17, 15) is 0 Å². The lowest BCUT2D eigenvalue weighted by molar-refractivity contribution is 0.222. The van der Waals surface area contributed by atoms with Crippen molar-refractivity contribution in [3.8, 4) is 0 Å². The highest BCUT2D eigenvalue weighted by Crippen LogP contribution is 2.22. The minimum absolute atomic E-state index is 0.420. The SMILES string of the molecule is CCNC(C)c1ccc(N2CC=C(COC)CC2)cc1. The molecular weight excluding hydrogens is 248 g/mol. The van der Waals surface area contributed by atoms with Gasteiger partial charge < -0.3 is 15.0 Å². The van der Waals surface area contributed by atoms with Crippen LogP contribution in [0.2, 0.25) is 0 Å². The predicted octanol–water partition coefficient (Wildman–Crippen LogP) is 3.14. The van der Waals surface area contributed by atoms with Crippen LogP contribution in [0.3, 0.4) is 0 Å². The second kappa shape index (κ2) is 7.46. The Bertz CT molecular complexity index is 439. The molecule has 0 fully saturated rings. The molecule has 20 heavy (non-hydrogen) atoms. The Morgan fingerprint density at radius 2 is 2.05 bits per heavy atom. The average molecular weight is 274 g/mol. The largest absolute Gasteiger partial charge is 0.380 e. The van der Waals surface area contributed by atoms with Gasteiger partial charge in [-0.2, -0.15) is 0 Å². The van der Waals surface area contributed by atoms with Crippen LogP contribution < -0.4 is 10.2 Å². The van der Waals surface area contributed by atoms with Gasteiger partial charge in [0, 0.05) is 31.9 Å². The van der Waals surface area contributed by atoms with Crippen LogP contribution in [0.1, 0.15) is 31.9 Å². The summed E-state index contributed by atoms with van der Waals surface area (Å²) in [6.07, 6.45) is 3.39. The van der Waals surface area contributed by atoms with Gasteiger partial charge in [-0.05, 0) is 43.2 Å². The summed E-state index contributed by atoms with van der Waals surface area (Å²) in [5, 5.41) is 3.44.